The minimum absolute atomic E-state index is 0.936. The summed E-state index contributed by atoms with van der Waals surface area (Å²) in [5, 5.41) is 0. The van der Waals surface area contributed by atoms with Gasteiger partial charge in [0.2, 0.25) is 0 Å². The van der Waals surface area contributed by atoms with Gasteiger partial charge in [0.25, 0.3) is 0 Å². The molecule has 15 heavy (non-hydrogen) atoms. The Kier molecular flexibility index (Phi) is 4.40. The van der Waals surface area contributed by atoms with Gasteiger partial charge < -0.3 is 0 Å². The van der Waals surface area contributed by atoms with Crippen LogP contribution in [0.3, 0.4) is 0 Å². The third kappa shape index (κ3) is 3.42. The van der Waals surface area contributed by atoms with Crippen molar-refractivity contribution in [2.45, 2.75) is 47.0 Å². The van der Waals surface area contributed by atoms with Crippen LogP contribution in [0.25, 0.3) is 0 Å². The summed E-state index contributed by atoms with van der Waals surface area (Å²) in [6, 6.07) is 0. The predicted molar refractivity (Wildman–Crippen MR) is 63.8 cm³/mol. The van der Waals surface area contributed by atoms with Gasteiger partial charge in [0.15, 0.2) is 0 Å². The van der Waals surface area contributed by atoms with Crippen LogP contribution in [0.1, 0.15) is 44.5 Å². The van der Waals surface area contributed by atoms with E-state index in [0.29, 0.717) is 0 Å². The van der Waals surface area contributed by atoms with E-state index in [2.05, 4.69) is 28.8 Å². The minimum Gasteiger partial charge on any atom is -0.254 e. The van der Waals surface area contributed by atoms with Crippen LogP contribution in [-0.4, -0.2) is 15.7 Å². The van der Waals surface area contributed by atoms with E-state index in [9.17, 15) is 0 Å². The molecule has 0 saturated heterocycles. The van der Waals surface area contributed by atoms with E-state index < -0.39 is 0 Å². The molecule has 0 N–H and O–H groups in total. The molecule has 0 aliphatic carbocycles. The van der Waals surface area contributed by atoms with Crippen LogP contribution in [0, 0.1) is 13.8 Å². The summed E-state index contributed by atoms with van der Waals surface area (Å²) in [5.74, 6) is 0. The van der Waals surface area contributed by atoms with Gasteiger partial charge in [-0.2, -0.15) is 0 Å². The maximum absolute atomic E-state index is 4.59. The average Bonchev–Trinajstić information content (AvgIpc) is 2.21. The van der Waals surface area contributed by atoms with Crippen molar-refractivity contribution in [1.29, 1.82) is 0 Å². The zero-order chi connectivity index (χ0) is 11.3. The van der Waals surface area contributed by atoms with Crippen LogP contribution in [0.5, 0.6) is 0 Å². The summed E-state index contributed by atoms with van der Waals surface area (Å²) in [6.45, 7) is 8.21. The van der Waals surface area contributed by atoms with Crippen molar-refractivity contribution in [1.82, 2.24) is 9.97 Å². The fourth-order valence-corrected chi connectivity index (χ4v) is 1.43. The van der Waals surface area contributed by atoms with Gasteiger partial charge in [-0.1, -0.05) is 13.3 Å². The molecule has 1 aromatic rings. The lowest BCUT2D eigenvalue weighted by atomic mass is 10.2. The first-order valence-corrected chi connectivity index (χ1v) is 5.47. The van der Waals surface area contributed by atoms with Gasteiger partial charge in [0.1, 0.15) is 12.0 Å². The number of aryl methyl sites for hydroxylation is 2. The summed E-state index contributed by atoms with van der Waals surface area (Å²) < 4.78 is 0. The third-order valence-corrected chi connectivity index (χ3v) is 2.38. The quantitative estimate of drug-likeness (QED) is 0.707. The highest BCUT2D eigenvalue weighted by atomic mass is 14.9. The monoisotopic (exact) mass is 205 g/mol. The third-order valence-electron chi connectivity index (χ3n) is 2.38. The Balaban J connectivity index is 2.87. The summed E-state index contributed by atoms with van der Waals surface area (Å²) in [6.07, 6.45) is 5.05. The fraction of sp³-hybridized carbons (Fsp3) is 0.583. The Morgan fingerprint density at radius 3 is 2.40 bits per heavy atom. The Morgan fingerprint density at radius 1 is 1.27 bits per heavy atom. The molecule has 1 aromatic heterocycles. The van der Waals surface area contributed by atoms with E-state index >= 15 is 0 Å². The number of hydrogen-bond acceptors (Lipinski definition) is 3. The fourth-order valence-electron chi connectivity index (χ4n) is 1.43. The Bertz CT molecular complexity index is 336. The van der Waals surface area contributed by atoms with Gasteiger partial charge in [-0.3, -0.25) is 4.99 Å². The molecule has 0 unspecified atom stereocenters. The summed E-state index contributed by atoms with van der Waals surface area (Å²) in [4.78, 5) is 12.9. The Hall–Kier alpha value is -1.25. The lowest BCUT2D eigenvalue weighted by molar-refractivity contribution is 0.832. The number of aliphatic imine (C=N–C) groups is 1. The molecule has 1 heterocycles. The Morgan fingerprint density at radius 2 is 1.87 bits per heavy atom. The Labute approximate surface area is 91.7 Å². The van der Waals surface area contributed by atoms with Gasteiger partial charge in [0.05, 0.1) is 11.4 Å². The van der Waals surface area contributed by atoms with E-state index in [1.807, 2.05) is 13.8 Å². The number of rotatable bonds is 4. The van der Waals surface area contributed by atoms with Crippen molar-refractivity contribution in [2.75, 3.05) is 0 Å². The lowest BCUT2D eigenvalue weighted by Gasteiger charge is -2.04. The standard InChI is InChI=1S/C12H19N3/c1-5-6-7-9(2)15-12-10(3)13-8-14-11(12)4/h8H,5-7H2,1-4H3/b15-9-. The van der Waals surface area contributed by atoms with E-state index in [4.69, 9.17) is 0 Å². The molecule has 82 valence electrons. The number of unbranched alkanes of at least 4 members (excludes halogenated alkanes) is 1. The van der Waals surface area contributed by atoms with Crippen molar-refractivity contribution in [3.8, 4) is 0 Å². The molecular formula is C12H19N3. The SMILES string of the molecule is CCCC/C(C)=N\c1c(C)ncnc1C. The molecule has 0 aliphatic rings. The van der Waals surface area contributed by atoms with Crippen LogP contribution in [0.4, 0.5) is 5.69 Å². The molecule has 0 radical (unpaired) electrons. The summed E-state index contributed by atoms with van der Waals surface area (Å²) >= 11 is 0. The first-order chi connectivity index (χ1) is 7.15. The zero-order valence-corrected chi connectivity index (χ0v) is 10.0. The first-order valence-electron chi connectivity index (χ1n) is 5.47. The molecule has 0 fully saturated rings. The maximum atomic E-state index is 4.59. The van der Waals surface area contributed by atoms with E-state index in [1.54, 1.807) is 6.33 Å². The molecule has 0 spiro atoms. The second-order valence-electron chi connectivity index (χ2n) is 3.84. The second kappa shape index (κ2) is 5.59. The molecule has 1 rings (SSSR count). The highest BCUT2D eigenvalue weighted by Crippen LogP contribution is 2.19. The van der Waals surface area contributed by atoms with Crippen molar-refractivity contribution < 1.29 is 0 Å². The molecule has 3 nitrogen and oxygen atoms in total. The van der Waals surface area contributed by atoms with Gasteiger partial charge in [0, 0.05) is 5.71 Å². The molecule has 0 aromatic carbocycles. The highest BCUT2D eigenvalue weighted by Gasteiger charge is 2.03. The minimum atomic E-state index is 0.936. The van der Waals surface area contributed by atoms with Crippen molar-refractivity contribution in [3.63, 3.8) is 0 Å². The number of aromatic nitrogens is 2. The smallest absolute Gasteiger partial charge is 0.116 e. The molecular weight excluding hydrogens is 186 g/mol. The normalized spacial score (nSPS) is 11.9. The zero-order valence-electron chi connectivity index (χ0n) is 10.0. The predicted octanol–water partition coefficient (Wildman–Crippen LogP) is 3.38. The molecule has 0 saturated carbocycles. The van der Waals surface area contributed by atoms with Gasteiger partial charge in [-0.25, -0.2) is 9.97 Å². The highest BCUT2D eigenvalue weighted by molar-refractivity contribution is 5.85. The first kappa shape index (κ1) is 11.8. The van der Waals surface area contributed by atoms with E-state index in [1.165, 1.54) is 12.8 Å². The molecule has 0 aliphatic heterocycles. The topological polar surface area (TPSA) is 38.1 Å². The van der Waals surface area contributed by atoms with Crippen LogP contribution in [-0.2, 0) is 0 Å². The summed E-state index contributed by atoms with van der Waals surface area (Å²) in [7, 11) is 0. The van der Waals surface area contributed by atoms with Crippen molar-refractivity contribution in [2.24, 2.45) is 4.99 Å². The van der Waals surface area contributed by atoms with Crippen molar-refractivity contribution in [3.05, 3.63) is 17.7 Å². The number of nitrogens with zero attached hydrogens (tertiary/aromatic N) is 3. The summed E-state index contributed by atoms with van der Waals surface area (Å²) in [5.41, 5.74) is 4.01. The van der Waals surface area contributed by atoms with E-state index in [-0.39, 0.29) is 0 Å². The van der Waals surface area contributed by atoms with Crippen molar-refractivity contribution >= 4 is 11.4 Å². The van der Waals surface area contributed by atoms with Gasteiger partial charge in [-0.15, -0.1) is 0 Å². The maximum Gasteiger partial charge on any atom is 0.116 e. The van der Waals surface area contributed by atoms with Crippen LogP contribution < -0.4 is 0 Å². The van der Waals surface area contributed by atoms with Gasteiger partial charge in [-0.05, 0) is 33.6 Å². The second-order valence-corrected chi connectivity index (χ2v) is 3.84. The number of hydrogen-bond donors (Lipinski definition) is 0. The molecule has 0 atom stereocenters. The molecule has 3 heteroatoms. The van der Waals surface area contributed by atoms with Crippen LogP contribution >= 0.6 is 0 Å². The molecule has 0 amide bonds. The van der Waals surface area contributed by atoms with Crippen LogP contribution in [0.15, 0.2) is 11.3 Å². The van der Waals surface area contributed by atoms with E-state index in [0.717, 1.165) is 29.2 Å². The largest absolute Gasteiger partial charge is 0.254 e. The van der Waals surface area contributed by atoms with Crippen LogP contribution in [0.2, 0.25) is 0 Å². The lowest BCUT2D eigenvalue weighted by Crippen LogP contribution is -1.94. The average molecular weight is 205 g/mol. The molecule has 0 bridgehead atoms. The van der Waals surface area contributed by atoms with Gasteiger partial charge >= 0.3 is 0 Å².